The van der Waals surface area contributed by atoms with Gasteiger partial charge in [0.05, 0.1) is 16.7 Å². The van der Waals surface area contributed by atoms with Crippen LogP contribution in [0.2, 0.25) is 0 Å². The lowest BCUT2D eigenvalue weighted by Gasteiger charge is -2.15. The van der Waals surface area contributed by atoms with Crippen molar-refractivity contribution in [2.75, 3.05) is 5.75 Å². The Morgan fingerprint density at radius 3 is 2.69 bits per heavy atom. The van der Waals surface area contributed by atoms with E-state index < -0.39 is 0 Å². The van der Waals surface area contributed by atoms with Gasteiger partial charge in [-0.2, -0.15) is 0 Å². The summed E-state index contributed by atoms with van der Waals surface area (Å²) in [5, 5.41) is 4.12. The Morgan fingerprint density at radius 1 is 1.21 bits per heavy atom. The lowest BCUT2D eigenvalue weighted by Crippen LogP contribution is -2.34. The predicted molar refractivity (Wildman–Crippen MR) is 119 cm³/mol. The predicted octanol–water partition coefficient (Wildman–Crippen LogP) is 3.81. The highest BCUT2D eigenvalue weighted by atomic mass is 32.2. The Kier molecular flexibility index (Phi) is 7.25. The quantitative estimate of drug-likeness (QED) is 0.333. The van der Waals surface area contributed by atoms with E-state index in [2.05, 4.69) is 29.0 Å². The summed E-state index contributed by atoms with van der Waals surface area (Å²) in [5.74, 6) is 0.139. The summed E-state index contributed by atoms with van der Waals surface area (Å²) in [4.78, 5) is 29.7. The molecular weight excluding hydrogens is 382 g/mol. The normalized spacial score (nSPS) is 11.9. The van der Waals surface area contributed by atoms with Gasteiger partial charge in [-0.1, -0.05) is 60.3 Å². The molecule has 0 aliphatic rings. The lowest BCUT2D eigenvalue weighted by molar-refractivity contribution is -0.119. The molecule has 0 radical (unpaired) electrons. The van der Waals surface area contributed by atoms with Gasteiger partial charge in [0.2, 0.25) is 5.91 Å². The third-order valence-electron chi connectivity index (χ3n) is 4.59. The molecule has 5 nitrogen and oxygen atoms in total. The van der Waals surface area contributed by atoms with Gasteiger partial charge in [-0.15, -0.1) is 6.58 Å². The van der Waals surface area contributed by atoms with Gasteiger partial charge >= 0.3 is 0 Å². The van der Waals surface area contributed by atoms with Gasteiger partial charge in [0, 0.05) is 12.6 Å². The Hall–Kier alpha value is -2.86. The molecule has 0 fully saturated rings. The molecule has 1 atom stereocenters. The van der Waals surface area contributed by atoms with Crippen molar-refractivity contribution >= 4 is 28.6 Å². The van der Waals surface area contributed by atoms with Crippen LogP contribution in [0.4, 0.5) is 0 Å². The molecule has 0 aliphatic carbocycles. The number of aromatic nitrogens is 2. The van der Waals surface area contributed by atoms with E-state index in [0.717, 1.165) is 12.8 Å². The number of allylic oxidation sites excluding steroid dienone is 1. The van der Waals surface area contributed by atoms with Crippen LogP contribution in [-0.2, 0) is 17.8 Å². The van der Waals surface area contributed by atoms with Crippen molar-refractivity contribution < 1.29 is 4.79 Å². The van der Waals surface area contributed by atoms with E-state index >= 15 is 0 Å². The molecule has 150 valence electrons. The van der Waals surface area contributed by atoms with E-state index in [-0.39, 0.29) is 23.3 Å². The molecule has 2 aromatic carbocycles. The molecule has 6 heteroatoms. The number of amides is 1. The molecule has 29 heavy (non-hydrogen) atoms. The average molecular weight is 408 g/mol. The zero-order valence-electron chi connectivity index (χ0n) is 16.5. The van der Waals surface area contributed by atoms with Gasteiger partial charge in [-0.25, -0.2) is 4.98 Å². The van der Waals surface area contributed by atoms with E-state index in [0.29, 0.717) is 22.6 Å². The van der Waals surface area contributed by atoms with Crippen LogP contribution >= 0.6 is 11.8 Å². The first-order valence-corrected chi connectivity index (χ1v) is 10.6. The Bertz CT molecular complexity index is 1050. The molecular formula is C23H25N3O2S. The molecule has 0 saturated heterocycles. The third kappa shape index (κ3) is 5.57. The number of hydrogen-bond donors (Lipinski definition) is 1. The Balaban J connectivity index is 1.62. The highest BCUT2D eigenvalue weighted by Gasteiger charge is 2.13. The maximum absolute atomic E-state index is 12.7. The fourth-order valence-corrected chi connectivity index (χ4v) is 3.91. The van der Waals surface area contributed by atoms with Crippen molar-refractivity contribution in [2.24, 2.45) is 0 Å². The molecule has 1 heterocycles. The van der Waals surface area contributed by atoms with Crippen LogP contribution in [0.5, 0.6) is 0 Å². The number of thioether (sulfide) groups is 1. The number of fused-ring (bicyclic) bond motifs is 1. The van der Waals surface area contributed by atoms with E-state index in [1.54, 1.807) is 16.7 Å². The van der Waals surface area contributed by atoms with E-state index in [1.807, 2.05) is 43.3 Å². The summed E-state index contributed by atoms with van der Waals surface area (Å²) < 4.78 is 1.56. The number of nitrogens with one attached hydrogen (secondary N) is 1. The molecule has 0 bridgehead atoms. The Labute approximate surface area is 174 Å². The molecule has 0 aliphatic heterocycles. The van der Waals surface area contributed by atoms with Crippen LogP contribution in [0, 0.1) is 0 Å². The summed E-state index contributed by atoms with van der Waals surface area (Å²) in [5.41, 5.74) is 1.78. The first kappa shape index (κ1) is 20.9. The fraction of sp³-hybridized carbons (Fsp3) is 0.261. The van der Waals surface area contributed by atoms with Crippen molar-refractivity contribution in [1.29, 1.82) is 0 Å². The van der Waals surface area contributed by atoms with Gasteiger partial charge in [0.1, 0.15) is 0 Å². The first-order chi connectivity index (χ1) is 14.1. The van der Waals surface area contributed by atoms with E-state index in [1.165, 1.54) is 17.3 Å². The largest absolute Gasteiger partial charge is 0.353 e. The standard InChI is InChI=1S/C23H25N3O2S/c1-3-15-26-22(28)19-11-7-8-12-20(19)25-23(26)29-16-21(27)24-17(2)13-14-18-9-5-4-6-10-18/h3-12,17H,1,13-16H2,2H3,(H,24,27). The molecule has 3 rings (SSSR count). The second-order valence-corrected chi connectivity index (χ2v) is 7.84. The van der Waals surface area contributed by atoms with Crippen molar-refractivity contribution in [3.8, 4) is 0 Å². The zero-order valence-corrected chi connectivity index (χ0v) is 17.3. The maximum Gasteiger partial charge on any atom is 0.262 e. The van der Waals surface area contributed by atoms with E-state index in [4.69, 9.17) is 0 Å². The minimum atomic E-state index is -0.116. The summed E-state index contributed by atoms with van der Waals surface area (Å²) in [6, 6.07) is 17.5. The van der Waals surface area contributed by atoms with Gasteiger partial charge in [0.25, 0.3) is 5.56 Å². The second kappa shape index (κ2) is 10.1. The number of nitrogens with zero attached hydrogens (tertiary/aromatic N) is 2. The molecule has 0 saturated carbocycles. The van der Waals surface area contributed by atoms with Crippen LogP contribution in [0.1, 0.15) is 18.9 Å². The molecule has 1 aromatic heterocycles. The molecule has 1 N–H and O–H groups in total. The topological polar surface area (TPSA) is 64.0 Å². The van der Waals surface area contributed by atoms with Crippen molar-refractivity contribution in [3.63, 3.8) is 0 Å². The van der Waals surface area contributed by atoms with Crippen LogP contribution < -0.4 is 10.9 Å². The second-order valence-electron chi connectivity index (χ2n) is 6.90. The van der Waals surface area contributed by atoms with Crippen LogP contribution in [0.3, 0.4) is 0 Å². The molecule has 1 amide bonds. The minimum absolute atomic E-state index is 0.0666. The number of rotatable bonds is 9. The number of carbonyl (C=O) groups excluding carboxylic acids is 1. The summed E-state index contributed by atoms with van der Waals surface area (Å²) in [6.45, 7) is 6.08. The van der Waals surface area contributed by atoms with Crippen LogP contribution in [0.25, 0.3) is 10.9 Å². The zero-order chi connectivity index (χ0) is 20.6. The number of hydrogen-bond acceptors (Lipinski definition) is 4. The van der Waals surface area contributed by atoms with Crippen LogP contribution in [-0.4, -0.2) is 27.3 Å². The minimum Gasteiger partial charge on any atom is -0.353 e. The summed E-state index contributed by atoms with van der Waals surface area (Å²) in [6.07, 6.45) is 3.45. The van der Waals surface area contributed by atoms with Gasteiger partial charge in [-0.3, -0.25) is 14.2 Å². The van der Waals surface area contributed by atoms with Gasteiger partial charge < -0.3 is 5.32 Å². The third-order valence-corrected chi connectivity index (χ3v) is 5.56. The average Bonchev–Trinajstić information content (AvgIpc) is 2.74. The molecule has 0 spiro atoms. The number of carbonyl (C=O) groups is 1. The van der Waals surface area contributed by atoms with Crippen molar-refractivity contribution in [3.05, 3.63) is 83.2 Å². The van der Waals surface area contributed by atoms with Crippen molar-refractivity contribution in [2.45, 2.75) is 37.5 Å². The van der Waals surface area contributed by atoms with Gasteiger partial charge in [0.15, 0.2) is 5.16 Å². The van der Waals surface area contributed by atoms with Crippen LogP contribution in [0.15, 0.2) is 77.2 Å². The summed E-state index contributed by atoms with van der Waals surface area (Å²) in [7, 11) is 0. The van der Waals surface area contributed by atoms with Crippen molar-refractivity contribution in [1.82, 2.24) is 14.9 Å². The number of benzene rings is 2. The molecule has 3 aromatic rings. The number of para-hydroxylation sites is 1. The Morgan fingerprint density at radius 2 is 1.93 bits per heavy atom. The first-order valence-electron chi connectivity index (χ1n) is 9.65. The smallest absolute Gasteiger partial charge is 0.262 e. The lowest BCUT2D eigenvalue weighted by atomic mass is 10.1. The molecule has 1 unspecified atom stereocenters. The monoisotopic (exact) mass is 407 g/mol. The van der Waals surface area contributed by atoms with Gasteiger partial charge in [-0.05, 0) is 37.5 Å². The highest BCUT2D eigenvalue weighted by Crippen LogP contribution is 2.18. The summed E-state index contributed by atoms with van der Waals surface area (Å²) >= 11 is 1.27. The SMILES string of the molecule is C=CCn1c(SCC(=O)NC(C)CCc2ccccc2)nc2ccccc2c1=O. The van der Waals surface area contributed by atoms with E-state index in [9.17, 15) is 9.59 Å². The highest BCUT2D eigenvalue weighted by molar-refractivity contribution is 7.99. The maximum atomic E-state index is 12.7. The fourth-order valence-electron chi connectivity index (χ4n) is 3.09. The number of aryl methyl sites for hydroxylation is 1.